The van der Waals surface area contributed by atoms with E-state index in [0.29, 0.717) is 12.6 Å². The summed E-state index contributed by atoms with van der Waals surface area (Å²) >= 11 is 0. The number of carbonyl (C=O) groups is 1. The Morgan fingerprint density at radius 1 is 1.50 bits per heavy atom. The summed E-state index contributed by atoms with van der Waals surface area (Å²) in [7, 11) is 0. The first kappa shape index (κ1) is 13.6. The number of nitrogens with zero attached hydrogens (tertiary/aromatic N) is 1. The molecule has 1 heterocycles. The average molecular weight is 253 g/mol. The molecule has 0 aromatic carbocycles. The van der Waals surface area contributed by atoms with Crippen molar-refractivity contribution in [2.45, 2.75) is 50.2 Å². The summed E-state index contributed by atoms with van der Waals surface area (Å²) in [6.45, 7) is 5.24. The lowest BCUT2D eigenvalue weighted by Gasteiger charge is -2.42. The van der Waals surface area contributed by atoms with Crippen LogP contribution in [0.15, 0.2) is 12.7 Å². The number of rotatable bonds is 5. The number of aliphatic carboxylic acids is 1. The van der Waals surface area contributed by atoms with Gasteiger partial charge in [-0.15, -0.1) is 6.58 Å². The van der Waals surface area contributed by atoms with Gasteiger partial charge in [-0.3, -0.25) is 9.69 Å². The molecule has 1 saturated heterocycles. The number of hydrogen-bond acceptors (Lipinski definition) is 3. The smallest absolute Gasteiger partial charge is 0.317 e. The van der Waals surface area contributed by atoms with Crippen molar-refractivity contribution in [1.29, 1.82) is 0 Å². The van der Waals surface area contributed by atoms with Crippen LogP contribution in [0.1, 0.15) is 38.5 Å². The van der Waals surface area contributed by atoms with Gasteiger partial charge in [0.2, 0.25) is 0 Å². The van der Waals surface area contributed by atoms with Gasteiger partial charge in [-0.2, -0.15) is 0 Å². The lowest BCUT2D eigenvalue weighted by atomic mass is 9.88. The quantitative estimate of drug-likeness (QED) is 0.762. The maximum absolute atomic E-state index is 10.9. The minimum atomic E-state index is -0.760. The first-order valence-corrected chi connectivity index (χ1v) is 6.86. The Hall–Kier alpha value is -0.870. The van der Waals surface area contributed by atoms with Crippen LogP contribution in [0.3, 0.4) is 0 Å². The van der Waals surface area contributed by atoms with E-state index in [0.717, 1.165) is 32.3 Å². The third-order valence-corrected chi connectivity index (χ3v) is 4.20. The second-order valence-corrected chi connectivity index (χ2v) is 5.50. The van der Waals surface area contributed by atoms with E-state index in [2.05, 4.69) is 6.58 Å². The number of carboxylic acids is 1. The Kier molecular flexibility index (Phi) is 4.40. The zero-order valence-electron chi connectivity index (χ0n) is 10.9. The van der Waals surface area contributed by atoms with E-state index >= 15 is 0 Å². The molecule has 1 aliphatic heterocycles. The molecule has 1 saturated carbocycles. The highest BCUT2D eigenvalue weighted by atomic mass is 16.5. The molecule has 2 aliphatic rings. The van der Waals surface area contributed by atoms with E-state index < -0.39 is 5.97 Å². The van der Waals surface area contributed by atoms with Gasteiger partial charge in [0.25, 0.3) is 0 Å². The molecule has 1 unspecified atom stereocenters. The maximum atomic E-state index is 10.9. The molecule has 0 amide bonds. The fourth-order valence-electron chi connectivity index (χ4n) is 3.36. The van der Waals surface area contributed by atoms with Gasteiger partial charge in [-0.1, -0.05) is 18.9 Å². The molecule has 102 valence electrons. The highest BCUT2D eigenvalue weighted by molar-refractivity contribution is 5.69. The molecule has 4 heteroatoms. The van der Waals surface area contributed by atoms with Crippen LogP contribution in [0.2, 0.25) is 0 Å². The predicted molar refractivity (Wildman–Crippen MR) is 69.6 cm³/mol. The van der Waals surface area contributed by atoms with Crippen LogP contribution in [0.5, 0.6) is 0 Å². The fraction of sp³-hybridized carbons (Fsp3) is 0.786. The van der Waals surface area contributed by atoms with Crippen LogP contribution < -0.4 is 0 Å². The van der Waals surface area contributed by atoms with Crippen LogP contribution in [0.4, 0.5) is 0 Å². The van der Waals surface area contributed by atoms with Crippen LogP contribution >= 0.6 is 0 Å². The molecule has 0 aromatic heterocycles. The molecular weight excluding hydrogens is 230 g/mol. The summed E-state index contributed by atoms with van der Waals surface area (Å²) in [5, 5.41) is 8.99. The van der Waals surface area contributed by atoms with Crippen molar-refractivity contribution in [2.75, 3.05) is 19.7 Å². The number of hydrogen-bond donors (Lipinski definition) is 1. The van der Waals surface area contributed by atoms with Gasteiger partial charge in [0.1, 0.15) is 0 Å². The predicted octanol–water partition coefficient (Wildman–Crippen LogP) is 2.05. The summed E-state index contributed by atoms with van der Waals surface area (Å²) in [5.41, 5.74) is 0.0425. The Bertz CT molecular complexity index is 310. The van der Waals surface area contributed by atoms with E-state index in [1.54, 1.807) is 6.08 Å². The summed E-state index contributed by atoms with van der Waals surface area (Å²) in [6.07, 6.45) is 8.47. The van der Waals surface area contributed by atoms with E-state index in [1.807, 2.05) is 4.90 Å². The van der Waals surface area contributed by atoms with Crippen LogP contribution in [-0.2, 0) is 9.53 Å². The van der Waals surface area contributed by atoms with Crippen LogP contribution in [0.25, 0.3) is 0 Å². The molecule has 1 aliphatic carbocycles. The SMILES string of the molecule is C=CCN(CC(=O)O)C1CCOC2(CCCC2)C1. The van der Waals surface area contributed by atoms with E-state index in [-0.39, 0.29) is 12.1 Å². The van der Waals surface area contributed by atoms with Gasteiger partial charge < -0.3 is 9.84 Å². The van der Waals surface area contributed by atoms with Gasteiger partial charge in [0.15, 0.2) is 0 Å². The van der Waals surface area contributed by atoms with Crippen molar-refractivity contribution in [3.63, 3.8) is 0 Å². The Labute approximate surface area is 109 Å². The summed E-state index contributed by atoms with van der Waals surface area (Å²) in [5.74, 6) is -0.760. The summed E-state index contributed by atoms with van der Waals surface area (Å²) < 4.78 is 5.99. The van der Waals surface area contributed by atoms with Crippen molar-refractivity contribution in [1.82, 2.24) is 4.90 Å². The molecular formula is C14H23NO3. The molecule has 18 heavy (non-hydrogen) atoms. The molecule has 1 atom stereocenters. The molecule has 0 aromatic rings. The molecule has 2 rings (SSSR count). The van der Waals surface area contributed by atoms with Crippen molar-refractivity contribution in [3.8, 4) is 0 Å². The van der Waals surface area contributed by atoms with Crippen molar-refractivity contribution in [2.24, 2.45) is 0 Å². The fourth-order valence-corrected chi connectivity index (χ4v) is 3.36. The Morgan fingerprint density at radius 2 is 2.22 bits per heavy atom. The van der Waals surface area contributed by atoms with E-state index in [4.69, 9.17) is 9.84 Å². The van der Waals surface area contributed by atoms with Gasteiger partial charge in [-0.05, 0) is 25.7 Å². The second-order valence-electron chi connectivity index (χ2n) is 5.50. The summed E-state index contributed by atoms with van der Waals surface area (Å²) in [6, 6.07) is 0.325. The maximum Gasteiger partial charge on any atom is 0.317 e. The molecule has 0 bridgehead atoms. The van der Waals surface area contributed by atoms with Gasteiger partial charge in [0.05, 0.1) is 12.1 Å². The molecule has 2 fully saturated rings. The standard InChI is InChI=1S/C14H23NO3/c1-2-8-15(11-13(16)17)12-5-9-18-14(10-12)6-3-4-7-14/h2,12H,1,3-11H2,(H,16,17). The summed E-state index contributed by atoms with van der Waals surface area (Å²) in [4.78, 5) is 13.0. The van der Waals surface area contributed by atoms with Gasteiger partial charge in [-0.25, -0.2) is 0 Å². The molecule has 4 nitrogen and oxygen atoms in total. The highest BCUT2D eigenvalue weighted by Crippen LogP contribution is 2.41. The van der Waals surface area contributed by atoms with E-state index in [9.17, 15) is 4.79 Å². The lowest BCUT2D eigenvalue weighted by Crippen LogP contribution is -2.49. The zero-order chi connectivity index (χ0) is 13.0. The average Bonchev–Trinajstić information content (AvgIpc) is 2.76. The lowest BCUT2D eigenvalue weighted by molar-refractivity contribution is -0.141. The monoisotopic (exact) mass is 253 g/mol. The first-order chi connectivity index (χ1) is 8.65. The normalized spacial score (nSPS) is 26.6. The third-order valence-electron chi connectivity index (χ3n) is 4.20. The third kappa shape index (κ3) is 3.12. The highest BCUT2D eigenvalue weighted by Gasteiger charge is 2.41. The first-order valence-electron chi connectivity index (χ1n) is 6.86. The van der Waals surface area contributed by atoms with Crippen LogP contribution in [-0.4, -0.2) is 47.3 Å². The number of carboxylic acid groups (broad SMARTS) is 1. The Balaban J connectivity index is 2.00. The minimum absolute atomic E-state index is 0.0425. The molecule has 1 N–H and O–H groups in total. The minimum Gasteiger partial charge on any atom is -0.480 e. The Morgan fingerprint density at radius 3 is 2.83 bits per heavy atom. The zero-order valence-corrected chi connectivity index (χ0v) is 10.9. The van der Waals surface area contributed by atoms with E-state index in [1.165, 1.54) is 12.8 Å². The number of ether oxygens (including phenoxy) is 1. The molecule has 1 spiro atoms. The van der Waals surface area contributed by atoms with Gasteiger partial charge in [0, 0.05) is 19.2 Å². The van der Waals surface area contributed by atoms with Crippen LogP contribution in [0, 0.1) is 0 Å². The van der Waals surface area contributed by atoms with Crippen molar-refractivity contribution >= 4 is 5.97 Å². The second kappa shape index (κ2) is 5.85. The molecule has 0 radical (unpaired) electrons. The van der Waals surface area contributed by atoms with Gasteiger partial charge >= 0.3 is 5.97 Å². The van der Waals surface area contributed by atoms with Crippen molar-refractivity contribution in [3.05, 3.63) is 12.7 Å². The van der Waals surface area contributed by atoms with Crippen molar-refractivity contribution < 1.29 is 14.6 Å². The topological polar surface area (TPSA) is 49.8 Å². The largest absolute Gasteiger partial charge is 0.480 e.